The van der Waals surface area contributed by atoms with Crippen LogP contribution >= 0.6 is 24.0 Å². The van der Waals surface area contributed by atoms with Gasteiger partial charge in [-0.25, -0.2) is 0 Å². The van der Waals surface area contributed by atoms with Crippen LogP contribution in [0.5, 0.6) is 11.5 Å². The average molecular weight is 419 g/mol. The summed E-state index contributed by atoms with van der Waals surface area (Å²) in [5, 5.41) is 3.39. The molecule has 1 N–H and O–H groups in total. The first-order valence-electron chi connectivity index (χ1n) is 7.42. The van der Waals surface area contributed by atoms with E-state index in [-0.39, 0.29) is 24.0 Å². The van der Waals surface area contributed by atoms with Crippen LogP contribution in [0.4, 0.5) is 0 Å². The van der Waals surface area contributed by atoms with Crippen LogP contribution in [0.2, 0.25) is 0 Å². The number of fused-ring (bicyclic) bond motifs is 1. The molecule has 0 spiro atoms. The molecule has 22 heavy (non-hydrogen) atoms. The fraction of sp³-hybridized carbons (Fsp3) is 0.562. The number of halogens is 1. The van der Waals surface area contributed by atoms with Crippen molar-refractivity contribution in [3.8, 4) is 11.5 Å². The summed E-state index contributed by atoms with van der Waals surface area (Å²) in [6, 6.07) is 4.17. The Kier molecular flexibility index (Phi) is 7.78. The molecule has 6 heteroatoms. The molecule has 0 unspecified atom stereocenters. The summed E-state index contributed by atoms with van der Waals surface area (Å²) in [4.78, 5) is 6.66. The summed E-state index contributed by atoms with van der Waals surface area (Å²) in [6.45, 7) is 4.91. The molecule has 0 radical (unpaired) electrons. The van der Waals surface area contributed by atoms with Crippen LogP contribution in [0.15, 0.2) is 17.1 Å². The smallest absolute Gasteiger partial charge is 0.193 e. The Morgan fingerprint density at radius 3 is 2.41 bits per heavy atom. The predicted molar refractivity (Wildman–Crippen MR) is 101 cm³/mol. The van der Waals surface area contributed by atoms with Gasteiger partial charge in [0.1, 0.15) is 0 Å². The van der Waals surface area contributed by atoms with Gasteiger partial charge in [0, 0.05) is 26.7 Å². The Bertz CT molecular complexity index is 520. The fourth-order valence-corrected chi connectivity index (χ4v) is 2.63. The van der Waals surface area contributed by atoms with Gasteiger partial charge in [-0.05, 0) is 36.1 Å². The minimum atomic E-state index is 0. The van der Waals surface area contributed by atoms with Gasteiger partial charge in [-0.3, -0.25) is 4.99 Å². The fourth-order valence-electron chi connectivity index (χ4n) is 2.63. The molecule has 2 rings (SSSR count). The molecule has 0 fully saturated rings. The van der Waals surface area contributed by atoms with Crippen molar-refractivity contribution in [1.82, 2.24) is 10.2 Å². The maximum absolute atomic E-state index is 5.40. The lowest BCUT2D eigenvalue weighted by Gasteiger charge is -2.32. The number of hydrogen-bond acceptors (Lipinski definition) is 3. The second-order valence-electron chi connectivity index (χ2n) is 5.12. The molecule has 0 atom stereocenters. The van der Waals surface area contributed by atoms with Crippen molar-refractivity contribution in [2.75, 3.05) is 34.4 Å². The van der Waals surface area contributed by atoms with E-state index in [1.165, 1.54) is 11.1 Å². The molecular weight excluding hydrogens is 393 g/mol. The van der Waals surface area contributed by atoms with Crippen LogP contribution in [-0.4, -0.2) is 45.2 Å². The van der Waals surface area contributed by atoms with E-state index in [1.54, 1.807) is 14.2 Å². The zero-order valence-electron chi connectivity index (χ0n) is 13.8. The highest BCUT2D eigenvalue weighted by atomic mass is 127. The third-order valence-corrected chi connectivity index (χ3v) is 3.76. The summed E-state index contributed by atoms with van der Waals surface area (Å²) in [6.07, 6.45) is 2.08. The number of aliphatic imine (C=N–C) groups is 1. The largest absolute Gasteiger partial charge is 0.493 e. The van der Waals surface area contributed by atoms with E-state index in [0.29, 0.717) is 0 Å². The topological polar surface area (TPSA) is 46.1 Å². The normalized spacial score (nSPS) is 14.0. The summed E-state index contributed by atoms with van der Waals surface area (Å²) in [5.41, 5.74) is 2.60. The van der Waals surface area contributed by atoms with Crippen molar-refractivity contribution < 1.29 is 9.47 Å². The number of guanidine groups is 1. The SMILES string of the molecule is CCCNC(=NC)N1CCc2cc(OC)c(OC)cc2C1.I. The Balaban J connectivity index is 0.00000242. The Labute approximate surface area is 150 Å². The van der Waals surface area contributed by atoms with Crippen LogP contribution in [0, 0.1) is 0 Å². The van der Waals surface area contributed by atoms with Gasteiger partial charge in [-0.2, -0.15) is 0 Å². The highest BCUT2D eigenvalue weighted by Crippen LogP contribution is 2.33. The molecule has 0 saturated carbocycles. The van der Waals surface area contributed by atoms with Crippen molar-refractivity contribution in [2.24, 2.45) is 4.99 Å². The third-order valence-electron chi connectivity index (χ3n) is 3.76. The van der Waals surface area contributed by atoms with Crippen LogP contribution in [0.3, 0.4) is 0 Å². The molecule has 5 nitrogen and oxygen atoms in total. The van der Waals surface area contributed by atoms with Crippen LogP contribution in [-0.2, 0) is 13.0 Å². The van der Waals surface area contributed by atoms with Crippen molar-refractivity contribution in [1.29, 1.82) is 0 Å². The summed E-state index contributed by atoms with van der Waals surface area (Å²) < 4.78 is 10.8. The van der Waals surface area contributed by atoms with Gasteiger partial charge in [0.25, 0.3) is 0 Å². The number of hydrogen-bond donors (Lipinski definition) is 1. The standard InChI is InChI=1S/C16H25N3O2.HI/c1-5-7-18-16(17-2)19-8-6-12-9-14(20-3)15(21-4)10-13(12)11-19;/h9-10H,5-8,11H2,1-4H3,(H,17,18);1H. The van der Waals surface area contributed by atoms with E-state index in [2.05, 4.69) is 34.3 Å². The van der Waals surface area contributed by atoms with Gasteiger partial charge in [0.2, 0.25) is 0 Å². The second kappa shape index (κ2) is 9.07. The van der Waals surface area contributed by atoms with Gasteiger partial charge in [0.15, 0.2) is 17.5 Å². The summed E-state index contributed by atoms with van der Waals surface area (Å²) >= 11 is 0. The maximum Gasteiger partial charge on any atom is 0.193 e. The van der Waals surface area contributed by atoms with Gasteiger partial charge in [0.05, 0.1) is 14.2 Å². The van der Waals surface area contributed by atoms with Crippen molar-refractivity contribution >= 4 is 29.9 Å². The van der Waals surface area contributed by atoms with Crippen LogP contribution < -0.4 is 14.8 Å². The zero-order valence-corrected chi connectivity index (χ0v) is 16.1. The first kappa shape index (κ1) is 18.9. The predicted octanol–water partition coefficient (Wildman–Crippen LogP) is 2.67. The zero-order chi connectivity index (χ0) is 15.2. The molecular formula is C16H26IN3O2. The minimum absolute atomic E-state index is 0. The number of nitrogens with one attached hydrogen (secondary N) is 1. The lowest BCUT2D eigenvalue weighted by Crippen LogP contribution is -2.44. The quantitative estimate of drug-likeness (QED) is 0.463. The van der Waals surface area contributed by atoms with Gasteiger partial charge in [-0.1, -0.05) is 6.92 Å². The molecule has 0 saturated heterocycles. The molecule has 124 valence electrons. The molecule has 1 aromatic rings. The average Bonchev–Trinajstić information content (AvgIpc) is 2.54. The van der Waals surface area contributed by atoms with E-state index >= 15 is 0 Å². The molecule has 1 heterocycles. The highest BCUT2D eigenvalue weighted by Gasteiger charge is 2.21. The monoisotopic (exact) mass is 419 g/mol. The number of ether oxygens (including phenoxy) is 2. The summed E-state index contributed by atoms with van der Waals surface area (Å²) in [7, 11) is 5.19. The van der Waals surface area contributed by atoms with E-state index in [1.807, 2.05) is 7.05 Å². The molecule has 0 bridgehead atoms. The van der Waals surface area contributed by atoms with E-state index in [9.17, 15) is 0 Å². The minimum Gasteiger partial charge on any atom is -0.493 e. The molecule has 0 aliphatic carbocycles. The number of benzene rings is 1. The van der Waals surface area contributed by atoms with E-state index in [4.69, 9.17) is 9.47 Å². The lowest BCUT2D eigenvalue weighted by molar-refractivity contribution is 0.346. The Hall–Kier alpha value is -1.18. The Morgan fingerprint density at radius 1 is 1.23 bits per heavy atom. The van der Waals surface area contributed by atoms with Gasteiger partial charge >= 0.3 is 0 Å². The Morgan fingerprint density at radius 2 is 1.86 bits per heavy atom. The van der Waals surface area contributed by atoms with Crippen molar-refractivity contribution in [3.63, 3.8) is 0 Å². The molecule has 1 aromatic carbocycles. The number of methoxy groups -OCH3 is 2. The van der Waals surface area contributed by atoms with Gasteiger partial charge < -0.3 is 19.7 Å². The highest BCUT2D eigenvalue weighted by molar-refractivity contribution is 14.0. The number of rotatable bonds is 4. The summed E-state index contributed by atoms with van der Waals surface area (Å²) in [5.74, 6) is 2.56. The molecule has 1 aliphatic rings. The van der Waals surface area contributed by atoms with Crippen LogP contribution in [0.25, 0.3) is 0 Å². The first-order valence-corrected chi connectivity index (χ1v) is 7.42. The number of nitrogens with zero attached hydrogens (tertiary/aromatic N) is 2. The third kappa shape index (κ3) is 4.18. The molecule has 0 aromatic heterocycles. The lowest BCUT2D eigenvalue weighted by atomic mass is 9.99. The van der Waals surface area contributed by atoms with Crippen LogP contribution in [0.1, 0.15) is 24.5 Å². The second-order valence-corrected chi connectivity index (χ2v) is 5.12. The van der Waals surface area contributed by atoms with Gasteiger partial charge in [-0.15, -0.1) is 24.0 Å². The van der Waals surface area contributed by atoms with E-state index in [0.717, 1.165) is 49.9 Å². The first-order chi connectivity index (χ1) is 10.2. The van der Waals surface area contributed by atoms with Crippen molar-refractivity contribution in [2.45, 2.75) is 26.3 Å². The molecule has 1 aliphatic heterocycles. The van der Waals surface area contributed by atoms with Crippen molar-refractivity contribution in [3.05, 3.63) is 23.3 Å². The maximum atomic E-state index is 5.40. The van der Waals surface area contributed by atoms with E-state index < -0.39 is 0 Å². The molecule has 0 amide bonds.